The van der Waals surface area contributed by atoms with Crippen LogP contribution in [-0.2, 0) is 9.84 Å². The van der Waals surface area contributed by atoms with Crippen molar-refractivity contribution in [2.24, 2.45) is 11.8 Å². The Morgan fingerprint density at radius 2 is 1.57 bits per heavy atom. The average molecular weight is 328 g/mol. The minimum absolute atomic E-state index is 0.0416. The molecule has 0 unspecified atom stereocenters. The minimum Gasteiger partial charge on any atom is -0.294 e. The van der Waals surface area contributed by atoms with Crippen LogP contribution in [0.1, 0.15) is 40.6 Å². The fourth-order valence-electron chi connectivity index (χ4n) is 3.37. The number of Topliss-reactive ketones (excluding diaryl/α,β-unsaturated/α-hetero) is 1. The number of hydrogen-bond donors (Lipinski definition) is 0. The molecular formula is C19H20O3S. The molecule has 2 atom stereocenters. The highest BCUT2D eigenvalue weighted by Gasteiger charge is 2.48. The molecule has 2 aromatic carbocycles. The van der Waals surface area contributed by atoms with Gasteiger partial charge in [0.25, 0.3) is 0 Å². The van der Waals surface area contributed by atoms with Crippen molar-refractivity contribution in [1.82, 2.24) is 0 Å². The van der Waals surface area contributed by atoms with Crippen LogP contribution in [0, 0.1) is 18.8 Å². The van der Waals surface area contributed by atoms with Gasteiger partial charge in [0.2, 0.25) is 0 Å². The predicted molar refractivity (Wildman–Crippen MR) is 90.2 cm³/mol. The highest BCUT2D eigenvalue weighted by atomic mass is 32.2. The molecule has 0 bridgehead atoms. The molecule has 0 spiro atoms. The monoisotopic (exact) mass is 328 g/mol. The molecule has 3 nitrogen and oxygen atoms in total. The van der Waals surface area contributed by atoms with Crippen molar-refractivity contribution in [2.45, 2.75) is 30.9 Å². The molecule has 0 heterocycles. The van der Waals surface area contributed by atoms with Gasteiger partial charge in [-0.15, -0.1) is 0 Å². The maximum atomic E-state index is 13.2. The maximum absolute atomic E-state index is 13.2. The van der Waals surface area contributed by atoms with E-state index in [1.54, 1.807) is 48.5 Å². The summed E-state index contributed by atoms with van der Waals surface area (Å²) in [7, 11) is -3.62. The van der Waals surface area contributed by atoms with Crippen LogP contribution in [0.15, 0.2) is 53.4 Å². The molecule has 0 aliphatic heterocycles. The molecule has 0 N–H and O–H groups in total. The van der Waals surface area contributed by atoms with E-state index in [1.807, 2.05) is 20.8 Å². The van der Waals surface area contributed by atoms with Gasteiger partial charge in [0.05, 0.1) is 4.90 Å². The fraction of sp³-hybridized carbons (Fsp3) is 0.316. The summed E-state index contributed by atoms with van der Waals surface area (Å²) in [6.45, 7) is 5.74. The number of benzene rings is 2. The zero-order chi connectivity index (χ0) is 16.8. The molecule has 3 rings (SSSR count). The third kappa shape index (κ3) is 2.51. The highest BCUT2D eigenvalue weighted by molar-refractivity contribution is 7.91. The van der Waals surface area contributed by atoms with Crippen LogP contribution in [0.25, 0.3) is 0 Å². The summed E-state index contributed by atoms with van der Waals surface area (Å²) in [4.78, 5) is 13.0. The van der Waals surface area contributed by atoms with Crippen LogP contribution in [0.3, 0.4) is 0 Å². The average Bonchev–Trinajstić information content (AvgIpc) is 2.82. The molecule has 0 saturated heterocycles. The first-order valence-electron chi connectivity index (χ1n) is 7.77. The summed E-state index contributed by atoms with van der Waals surface area (Å²) in [5.41, 5.74) is 2.19. The molecule has 2 aromatic rings. The van der Waals surface area contributed by atoms with Crippen molar-refractivity contribution in [3.8, 4) is 0 Å². The topological polar surface area (TPSA) is 51.2 Å². The van der Waals surface area contributed by atoms with Gasteiger partial charge >= 0.3 is 0 Å². The molecule has 0 amide bonds. The maximum Gasteiger partial charge on any atom is 0.186 e. The largest absolute Gasteiger partial charge is 0.294 e. The second-order valence-electron chi connectivity index (χ2n) is 6.50. The van der Waals surface area contributed by atoms with Crippen LogP contribution in [-0.4, -0.2) is 14.2 Å². The van der Waals surface area contributed by atoms with E-state index in [0.29, 0.717) is 11.1 Å². The summed E-state index contributed by atoms with van der Waals surface area (Å²) in [6.07, 6.45) is 0. The van der Waals surface area contributed by atoms with E-state index in [2.05, 4.69) is 0 Å². The lowest BCUT2D eigenvalue weighted by molar-refractivity contribution is 0.0902. The zero-order valence-corrected chi connectivity index (χ0v) is 14.3. The Balaban J connectivity index is 2.19. The molecule has 1 aliphatic carbocycles. The van der Waals surface area contributed by atoms with Crippen LogP contribution < -0.4 is 0 Å². The van der Waals surface area contributed by atoms with Gasteiger partial charge in [-0.25, -0.2) is 8.42 Å². The van der Waals surface area contributed by atoms with Crippen molar-refractivity contribution in [3.05, 3.63) is 65.2 Å². The second-order valence-corrected chi connectivity index (χ2v) is 8.57. The Hall–Kier alpha value is -1.94. The van der Waals surface area contributed by atoms with Gasteiger partial charge in [-0.2, -0.15) is 0 Å². The van der Waals surface area contributed by atoms with Crippen molar-refractivity contribution < 1.29 is 13.2 Å². The van der Waals surface area contributed by atoms with Crippen molar-refractivity contribution >= 4 is 15.6 Å². The smallest absolute Gasteiger partial charge is 0.186 e. The van der Waals surface area contributed by atoms with Gasteiger partial charge in [-0.3, -0.25) is 4.79 Å². The van der Waals surface area contributed by atoms with E-state index in [1.165, 1.54) is 0 Å². The number of hydrogen-bond acceptors (Lipinski definition) is 3. The summed E-state index contributed by atoms with van der Waals surface area (Å²) < 4.78 is 26.4. The van der Waals surface area contributed by atoms with Crippen molar-refractivity contribution in [1.29, 1.82) is 0 Å². The fourth-order valence-corrected chi connectivity index (χ4v) is 5.54. The number of carbonyl (C=O) groups excluding carboxylic acids is 1. The van der Waals surface area contributed by atoms with Gasteiger partial charge in [-0.1, -0.05) is 55.8 Å². The zero-order valence-electron chi connectivity index (χ0n) is 13.5. The molecule has 23 heavy (non-hydrogen) atoms. The van der Waals surface area contributed by atoms with Gasteiger partial charge in [-0.05, 0) is 30.5 Å². The summed E-state index contributed by atoms with van der Waals surface area (Å²) in [5, 5.41) is -0.797. The lowest BCUT2D eigenvalue weighted by Crippen LogP contribution is -2.26. The molecule has 0 aromatic heterocycles. The van der Waals surface area contributed by atoms with E-state index in [0.717, 1.165) is 5.56 Å². The number of ketones is 1. The van der Waals surface area contributed by atoms with E-state index >= 15 is 0 Å². The molecule has 0 radical (unpaired) electrons. The lowest BCUT2D eigenvalue weighted by Gasteiger charge is -2.23. The number of rotatable bonds is 3. The number of fused-ring (bicyclic) bond motifs is 1. The van der Waals surface area contributed by atoms with Crippen LogP contribution in [0.5, 0.6) is 0 Å². The van der Waals surface area contributed by atoms with E-state index in [-0.39, 0.29) is 16.6 Å². The van der Waals surface area contributed by atoms with Crippen molar-refractivity contribution in [3.63, 3.8) is 0 Å². The molecule has 4 heteroatoms. The number of sulfone groups is 1. The third-order valence-electron chi connectivity index (χ3n) is 4.56. The first-order chi connectivity index (χ1) is 10.8. The minimum atomic E-state index is -3.62. The normalized spacial score (nSPS) is 20.8. The second kappa shape index (κ2) is 5.60. The Kier molecular flexibility index (Phi) is 3.88. The Morgan fingerprint density at radius 1 is 0.957 bits per heavy atom. The van der Waals surface area contributed by atoms with Crippen LogP contribution in [0.4, 0.5) is 0 Å². The number of aryl methyl sites for hydroxylation is 1. The molecular weight excluding hydrogens is 308 g/mol. The Bertz CT molecular complexity index is 848. The van der Waals surface area contributed by atoms with E-state index < -0.39 is 21.0 Å². The summed E-state index contributed by atoms with van der Waals surface area (Å²) in [5.74, 6) is -0.630. The van der Waals surface area contributed by atoms with Gasteiger partial charge < -0.3 is 0 Å². The Labute approximate surface area is 137 Å². The predicted octanol–water partition coefficient (Wildman–Crippen LogP) is 3.98. The quantitative estimate of drug-likeness (QED) is 0.856. The number of carbonyl (C=O) groups is 1. The standard InChI is InChI=1S/C19H20O3S/c1-12(2)17-18(20)15-6-4-5-7-16(15)19(17)23(21,22)14-10-8-13(3)9-11-14/h4-12,17,19H,1-3H3/t17-,19-/m1/s1. The highest BCUT2D eigenvalue weighted by Crippen LogP contribution is 2.47. The lowest BCUT2D eigenvalue weighted by atomic mass is 9.92. The summed E-state index contributed by atoms with van der Waals surface area (Å²) in [6, 6.07) is 13.9. The Morgan fingerprint density at radius 3 is 2.17 bits per heavy atom. The van der Waals surface area contributed by atoms with Crippen molar-refractivity contribution in [2.75, 3.05) is 0 Å². The van der Waals surface area contributed by atoms with E-state index in [9.17, 15) is 13.2 Å². The van der Waals surface area contributed by atoms with Crippen LogP contribution >= 0.6 is 0 Å². The first kappa shape index (κ1) is 15.9. The first-order valence-corrected chi connectivity index (χ1v) is 9.32. The van der Waals surface area contributed by atoms with Gasteiger partial charge in [0.15, 0.2) is 15.6 Å². The van der Waals surface area contributed by atoms with Gasteiger partial charge in [0.1, 0.15) is 5.25 Å². The molecule has 0 saturated carbocycles. The molecule has 0 fully saturated rings. The third-order valence-corrected chi connectivity index (χ3v) is 6.71. The molecule has 120 valence electrons. The van der Waals surface area contributed by atoms with Crippen LogP contribution in [0.2, 0.25) is 0 Å². The van der Waals surface area contributed by atoms with E-state index in [4.69, 9.17) is 0 Å². The summed E-state index contributed by atoms with van der Waals surface area (Å²) >= 11 is 0. The molecule has 1 aliphatic rings. The SMILES string of the molecule is Cc1ccc(S(=O)(=O)[C@@H]2c3ccccc3C(=O)[C@H]2C(C)C)cc1. The van der Waals surface area contributed by atoms with Gasteiger partial charge in [0, 0.05) is 11.5 Å².